The van der Waals surface area contributed by atoms with Crippen LogP contribution in [0.1, 0.15) is 20.3 Å². The average Bonchev–Trinajstić information content (AvgIpc) is 2.46. The second kappa shape index (κ2) is 7.36. The van der Waals surface area contributed by atoms with Gasteiger partial charge in [-0.2, -0.15) is 5.26 Å². The Kier molecular flexibility index (Phi) is 6.06. The largest absolute Gasteiger partial charge is 0.487 e. The molecule has 0 spiro atoms. The molecule has 122 valence electrons. The number of likely N-dealkylation sites (tertiary alicyclic amines) is 1. The molecule has 1 heterocycles. The number of halogens is 2. The maximum Gasteiger partial charge on any atom is 0.301 e. The van der Waals surface area contributed by atoms with Crippen molar-refractivity contribution in [3.05, 3.63) is 24.5 Å². The van der Waals surface area contributed by atoms with E-state index in [1.807, 2.05) is 6.07 Å². The van der Waals surface area contributed by atoms with Crippen molar-refractivity contribution in [2.75, 3.05) is 13.1 Å². The molecule has 0 aliphatic carbocycles. The summed E-state index contributed by atoms with van der Waals surface area (Å²) in [6.45, 7) is 5.49. The number of aliphatic hydroxyl groups is 1. The van der Waals surface area contributed by atoms with Crippen LogP contribution in [-0.4, -0.2) is 47.1 Å². The Bertz CT molecular complexity index is 498. The number of rotatable bonds is 5. The van der Waals surface area contributed by atoms with E-state index in [4.69, 9.17) is 10.00 Å². The fourth-order valence-corrected chi connectivity index (χ4v) is 2.15. The summed E-state index contributed by atoms with van der Waals surface area (Å²) >= 11 is 0. The number of nitriles is 1. The molecule has 0 bridgehead atoms. The minimum atomic E-state index is -3.27. The highest BCUT2D eigenvalue weighted by Crippen LogP contribution is 2.32. The first-order valence-corrected chi connectivity index (χ1v) is 6.96. The Labute approximate surface area is 128 Å². The molecule has 22 heavy (non-hydrogen) atoms. The number of amides is 1. The van der Waals surface area contributed by atoms with Crippen LogP contribution in [0.15, 0.2) is 24.5 Å². The van der Waals surface area contributed by atoms with Gasteiger partial charge in [-0.05, 0) is 19.9 Å². The molecule has 0 aromatic carbocycles. The van der Waals surface area contributed by atoms with Crippen LogP contribution < -0.4 is 0 Å². The van der Waals surface area contributed by atoms with Crippen molar-refractivity contribution in [2.45, 2.75) is 38.4 Å². The first kappa shape index (κ1) is 18.1. The first-order chi connectivity index (χ1) is 10.2. The number of alkyl halides is 2. The zero-order valence-electron chi connectivity index (χ0n) is 12.6. The van der Waals surface area contributed by atoms with Crippen molar-refractivity contribution < 1.29 is 23.4 Å². The molecule has 1 rings (SSSR count). The Morgan fingerprint density at radius 1 is 1.59 bits per heavy atom. The molecule has 1 saturated heterocycles. The standard InChI is InChI=1S/C15H20F2N2O3/c1-4-5-12(10(2)8-18)22-13-6-7-19(9-15(13,16)17)14(21)11(3)20/h4-5,10-11,13,20H,1,6-7,9H2,2-3H3/b12-5+/t10?,11-,13?/m0/s1. The van der Waals surface area contributed by atoms with Crippen LogP contribution >= 0.6 is 0 Å². The van der Waals surface area contributed by atoms with E-state index in [2.05, 4.69) is 6.58 Å². The van der Waals surface area contributed by atoms with Crippen LogP contribution in [0.25, 0.3) is 0 Å². The highest BCUT2D eigenvalue weighted by atomic mass is 19.3. The first-order valence-electron chi connectivity index (χ1n) is 6.96. The monoisotopic (exact) mass is 314 g/mol. The Hall–Kier alpha value is -1.94. The molecule has 0 saturated carbocycles. The molecule has 0 radical (unpaired) electrons. The summed E-state index contributed by atoms with van der Waals surface area (Å²) in [5, 5.41) is 18.1. The van der Waals surface area contributed by atoms with Crippen molar-refractivity contribution in [1.82, 2.24) is 4.90 Å². The van der Waals surface area contributed by atoms with Crippen LogP contribution in [0.3, 0.4) is 0 Å². The summed E-state index contributed by atoms with van der Waals surface area (Å²) in [7, 11) is 0. The zero-order chi connectivity index (χ0) is 16.9. The molecule has 2 unspecified atom stereocenters. The van der Waals surface area contributed by atoms with Gasteiger partial charge in [-0.1, -0.05) is 12.7 Å². The van der Waals surface area contributed by atoms with Crippen LogP contribution in [-0.2, 0) is 9.53 Å². The average molecular weight is 314 g/mol. The number of carbonyl (C=O) groups excluding carboxylic acids is 1. The molecule has 1 aliphatic heterocycles. The maximum absolute atomic E-state index is 14.2. The second-order valence-corrected chi connectivity index (χ2v) is 5.25. The van der Waals surface area contributed by atoms with Crippen LogP contribution in [0.4, 0.5) is 8.78 Å². The predicted molar refractivity (Wildman–Crippen MR) is 75.8 cm³/mol. The summed E-state index contributed by atoms with van der Waals surface area (Å²) < 4.78 is 33.7. The summed E-state index contributed by atoms with van der Waals surface area (Å²) in [6, 6.07) is 1.93. The van der Waals surface area contributed by atoms with Crippen molar-refractivity contribution in [3.63, 3.8) is 0 Å². The zero-order valence-corrected chi connectivity index (χ0v) is 12.6. The van der Waals surface area contributed by atoms with Crippen LogP contribution in [0.2, 0.25) is 0 Å². The lowest BCUT2D eigenvalue weighted by Crippen LogP contribution is -2.55. The highest BCUT2D eigenvalue weighted by molar-refractivity contribution is 5.80. The lowest BCUT2D eigenvalue weighted by molar-refractivity contribution is -0.175. The number of hydrogen-bond acceptors (Lipinski definition) is 4. The maximum atomic E-state index is 14.2. The van der Waals surface area contributed by atoms with E-state index in [1.165, 1.54) is 19.1 Å². The Morgan fingerprint density at radius 3 is 2.68 bits per heavy atom. The predicted octanol–water partition coefficient (Wildman–Crippen LogP) is 1.85. The van der Waals surface area contributed by atoms with Gasteiger partial charge in [0.15, 0.2) is 6.10 Å². The minimum Gasteiger partial charge on any atom is -0.487 e. The van der Waals surface area contributed by atoms with Crippen molar-refractivity contribution in [2.24, 2.45) is 5.92 Å². The van der Waals surface area contributed by atoms with E-state index in [-0.39, 0.29) is 18.7 Å². The van der Waals surface area contributed by atoms with E-state index < -0.39 is 36.5 Å². The molecule has 1 aliphatic rings. The minimum absolute atomic E-state index is 0.0618. The number of carbonyl (C=O) groups is 1. The number of allylic oxidation sites excluding steroid dienone is 3. The third-order valence-corrected chi connectivity index (χ3v) is 3.38. The van der Waals surface area contributed by atoms with Gasteiger partial charge in [-0.25, -0.2) is 8.78 Å². The van der Waals surface area contributed by atoms with Gasteiger partial charge < -0.3 is 14.7 Å². The molecule has 7 heteroatoms. The van der Waals surface area contributed by atoms with E-state index >= 15 is 0 Å². The number of ether oxygens (including phenoxy) is 1. The quantitative estimate of drug-likeness (QED) is 0.621. The molecule has 0 aromatic rings. The Morgan fingerprint density at radius 2 is 2.23 bits per heavy atom. The summed E-state index contributed by atoms with van der Waals surface area (Å²) in [5.74, 6) is -4.55. The topological polar surface area (TPSA) is 73.6 Å². The normalized spacial score (nSPS) is 24.1. The van der Waals surface area contributed by atoms with E-state index in [9.17, 15) is 18.7 Å². The molecule has 0 aromatic heterocycles. The van der Waals surface area contributed by atoms with Gasteiger partial charge >= 0.3 is 5.92 Å². The van der Waals surface area contributed by atoms with Crippen LogP contribution in [0.5, 0.6) is 0 Å². The third-order valence-electron chi connectivity index (χ3n) is 3.38. The Balaban J connectivity index is 2.83. The van der Waals surface area contributed by atoms with Gasteiger partial charge in [0.2, 0.25) is 0 Å². The molecular formula is C15H20F2N2O3. The van der Waals surface area contributed by atoms with Gasteiger partial charge in [-0.15, -0.1) is 0 Å². The van der Waals surface area contributed by atoms with Crippen LogP contribution in [0, 0.1) is 17.2 Å². The van der Waals surface area contributed by atoms with Crippen molar-refractivity contribution >= 4 is 5.91 Å². The van der Waals surface area contributed by atoms with E-state index in [1.54, 1.807) is 6.92 Å². The third kappa shape index (κ3) is 4.28. The SMILES string of the molecule is C=C/C=C(/OC1CCN(C(=O)[C@H](C)O)CC1(F)F)C(C)C#N. The summed E-state index contributed by atoms with van der Waals surface area (Å²) in [6.07, 6.45) is -0.0707. The van der Waals surface area contributed by atoms with Gasteiger partial charge in [0, 0.05) is 13.0 Å². The lowest BCUT2D eigenvalue weighted by atomic mass is 10.0. The molecule has 5 nitrogen and oxygen atoms in total. The highest BCUT2D eigenvalue weighted by Gasteiger charge is 2.48. The molecule has 1 fully saturated rings. The van der Waals surface area contributed by atoms with Crippen molar-refractivity contribution in [1.29, 1.82) is 5.26 Å². The number of nitrogens with zero attached hydrogens (tertiary/aromatic N) is 2. The summed E-state index contributed by atoms with van der Waals surface area (Å²) in [5.41, 5.74) is 0. The lowest BCUT2D eigenvalue weighted by Gasteiger charge is -2.39. The van der Waals surface area contributed by atoms with E-state index in [0.717, 1.165) is 4.90 Å². The summed E-state index contributed by atoms with van der Waals surface area (Å²) in [4.78, 5) is 12.5. The second-order valence-electron chi connectivity index (χ2n) is 5.25. The smallest absolute Gasteiger partial charge is 0.301 e. The fourth-order valence-electron chi connectivity index (χ4n) is 2.15. The van der Waals surface area contributed by atoms with Gasteiger partial charge in [0.25, 0.3) is 5.91 Å². The van der Waals surface area contributed by atoms with Gasteiger partial charge in [-0.3, -0.25) is 4.79 Å². The number of hydrogen-bond donors (Lipinski definition) is 1. The van der Waals surface area contributed by atoms with Crippen molar-refractivity contribution in [3.8, 4) is 6.07 Å². The van der Waals surface area contributed by atoms with Gasteiger partial charge in [0.05, 0.1) is 12.6 Å². The molecule has 1 N–H and O–H groups in total. The number of aliphatic hydroxyl groups excluding tert-OH is 1. The number of piperidine rings is 1. The molecule has 3 atom stereocenters. The molecule has 1 amide bonds. The van der Waals surface area contributed by atoms with Gasteiger partial charge in [0.1, 0.15) is 17.8 Å². The fraction of sp³-hybridized carbons (Fsp3) is 0.600. The van der Waals surface area contributed by atoms with E-state index in [0.29, 0.717) is 0 Å². The molecular weight excluding hydrogens is 294 g/mol.